The Morgan fingerprint density at radius 1 is 1.14 bits per heavy atom. The van der Waals surface area contributed by atoms with E-state index < -0.39 is 0 Å². The summed E-state index contributed by atoms with van der Waals surface area (Å²) in [5, 5.41) is 0.594. The number of halogens is 2. The molecule has 21 heavy (non-hydrogen) atoms. The second-order valence-corrected chi connectivity index (χ2v) is 6.57. The zero-order valence-corrected chi connectivity index (χ0v) is 13.2. The Bertz CT molecular complexity index is 648. The van der Waals surface area contributed by atoms with Crippen LogP contribution in [0.1, 0.15) is 36.3 Å². The van der Waals surface area contributed by atoms with E-state index in [2.05, 4.69) is 9.97 Å². The van der Waals surface area contributed by atoms with Crippen molar-refractivity contribution in [2.24, 2.45) is 0 Å². The number of thioether (sulfide) groups is 1. The van der Waals surface area contributed by atoms with Crippen LogP contribution in [0.2, 0.25) is 5.15 Å². The number of hydrogen-bond donors (Lipinski definition) is 0. The van der Waals surface area contributed by atoms with Crippen molar-refractivity contribution in [2.75, 3.05) is 0 Å². The summed E-state index contributed by atoms with van der Waals surface area (Å²) in [4.78, 5) is 9.95. The van der Waals surface area contributed by atoms with Gasteiger partial charge in [-0.1, -0.05) is 24.1 Å². The zero-order chi connectivity index (χ0) is 14.7. The Morgan fingerprint density at radius 2 is 2.00 bits per heavy atom. The minimum Gasteiger partial charge on any atom is -0.237 e. The number of aryl methyl sites for hydroxylation is 1. The highest BCUT2D eigenvalue weighted by Crippen LogP contribution is 2.27. The Kier molecular flexibility index (Phi) is 4.76. The molecule has 3 rings (SSSR count). The molecule has 2 aromatic rings. The first kappa shape index (κ1) is 14.8. The fraction of sp³-hybridized carbons (Fsp3) is 0.375. The maximum atomic E-state index is 13.2. The lowest BCUT2D eigenvalue weighted by Gasteiger charge is -2.09. The standard InChI is InChI=1S/C16H16ClFN2S/c17-16-13-7-2-1-3-8-14(13)19-15(20-16)10-21-12-6-4-5-11(18)9-12/h4-6,9H,1-3,7-8,10H2. The van der Waals surface area contributed by atoms with Gasteiger partial charge >= 0.3 is 0 Å². The highest BCUT2D eigenvalue weighted by Gasteiger charge is 2.15. The van der Waals surface area contributed by atoms with Gasteiger partial charge in [-0.15, -0.1) is 11.8 Å². The van der Waals surface area contributed by atoms with Gasteiger partial charge < -0.3 is 0 Å². The van der Waals surface area contributed by atoms with Gasteiger partial charge in [-0.3, -0.25) is 0 Å². The molecule has 0 atom stereocenters. The quantitative estimate of drug-likeness (QED) is 0.460. The number of benzene rings is 1. The van der Waals surface area contributed by atoms with E-state index in [-0.39, 0.29) is 5.82 Å². The van der Waals surface area contributed by atoms with E-state index >= 15 is 0 Å². The van der Waals surface area contributed by atoms with Gasteiger partial charge in [-0.2, -0.15) is 0 Å². The average molecular weight is 323 g/mol. The molecule has 110 valence electrons. The number of rotatable bonds is 3. The summed E-state index contributed by atoms with van der Waals surface area (Å²) < 4.78 is 13.2. The van der Waals surface area contributed by atoms with Crippen LogP contribution in [0.15, 0.2) is 29.2 Å². The zero-order valence-electron chi connectivity index (χ0n) is 11.6. The van der Waals surface area contributed by atoms with Gasteiger partial charge in [0.2, 0.25) is 0 Å². The van der Waals surface area contributed by atoms with E-state index in [0.717, 1.165) is 47.7 Å². The molecule has 0 fully saturated rings. The topological polar surface area (TPSA) is 25.8 Å². The van der Waals surface area contributed by atoms with Crippen molar-refractivity contribution in [3.8, 4) is 0 Å². The lowest BCUT2D eigenvalue weighted by Crippen LogP contribution is -2.04. The summed E-state index contributed by atoms with van der Waals surface area (Å²) in [5.41, 5.74) is 2.22. The molecule has 0 N–H and O–H groups in total. The molecule has 0 aliphatic heterocycles. The molecule has 1 aromatic heterocycles. The summed E-state index contributed by atoms with van der Waals surface area (Å²) in [6.07, 6.45) is 5.51. The second kappa shape index (κ2) is 6.75. The van der Waals surface area contributed by atoms with Gasteiger partial charge in [0, 0.05) is 16.2 Å². The van der Waals surface area contributed by atoms with Crippen LogP contribution in [0.5, 0.6) is 0 Å². The van der Waals surface area contributed by atoms with Crippen molar-refractivity contribution >= 4 is 23.4 Å². The average Bonchev–Trinajstić information content (AvgIpc) is 2.71. The maximum absolute atomic E-state index is 13.2. The van der Waals surface area contributed by atoms with E-state index in [4.69, 9.17) is 11.6 Å². The molecule has 1 heterocycles. The van der Waals surface area contributed by atoms with Crippen molar-refractivity contribution in [3.05, 3.63) is 52.3 Å². The molecule has 5 heteroatoms. The smallest absolute Gasteiger partial charge is 0.140 e. The predicted molar refractivity (Wildman–Crippen MR) is 84.3 cm³/mol. The third-order valence-electron chi connectivity index (χ3n) is 3.59. The third-order valence-corrected chi connectivity index (χ3v) is 4.90. The van der Waals surface area contributed by atoms with Crippen LogP contribution in [0.4, 0.5) is 4.39 Å². The van der Waals surface area contributed by atoms with Gasteiger partial charge in [0.1, 0.15) is 16.8 Å². The Hall–Kier alpha value is -1.13. The molecule has 2 nitrogen and oxygen atoms in total. The lowest BCUT2D eigenvalue weighted by atomic mass is 10.1. The number of fused-ring (bicyclic) bond motifs is 1. The number of hydrogen-bond acceptors (Lipinski definition) is 3. The van der Waals surface area contributed by atoms with Gasteiger partial charge in [0.25, 0.3) is 0 Å². The van der Waals surface area contributed by atoms with E-state index in [9.17, 15) is 4.39 Å². The van der Waals surface area contributed by atoms with Crippen molar-refractivity contribution in [1.82, 2.24) is 9.97 Å². The molecular weight excluding hydrogens is 307 g/mol. The van der Waals surface area contributed by atoms with E-state index in [1.165, 1.54) is 30.3 Å². The highest BCUT2D eigenvalue weighted by molar-refractivity contribution is 7.98. The molecule has 0 saturated heterocycles. The normalized spacial score (nSPS) is 14.6. The van der Waals surface area contributed by atoms with E-state index in [1.54, 1.807) is 6.07 Å². The van der Waals surface area contributed by atoms with Crippen molar-refractivity contribution < 1.29 is 4.39 Å². The first-order valence-electron chi connectivity index (χ1n) is 7.15. The van der Waals surface area contributed by atoms with Crippen molar-refractivity contribution in [2.45, 2.75) is 42.8 Å². The fourth-order valence-electron chi connectivity index (χ4n) is 2.54. The van der Waals surface area contributed by atoms with Crippen molar-refractivity contribution in [1.29, 1.82) is 0 Å². The fourth-order valence-corrected chi connectivity index (χ4v) is 3.64. The Labute approximate surface area is 133 Å². The first-order valence-corrected chi connectivity index (χ1v) is 8.51. The molecule has 0 unspecified atom stereocenters. The van der Waals surface area contributed by atoms with Crippen LogP contribution in [0.25, 0.3) is 0 Å². The van der Waals surface area contributed by atoms with Gasteiger partial charge in [0.05, 0.1) is 5.75 Å². The molecule has 1 aromatic carbocycles. The van der Waals surface area contributed by atoms with Gasteiger partial charge in [0.15, 0.2) is 0 Å². The first-order chi connectivity index (χ1) is 10.2. The minimum atomic E-state index is -0.221. The largest absolute Gasteiger partial charge is 0.237 e. The molecule has 0 saturated carbocycles. The molecule has 1 aliphatic carbocycles. The Morgan fingerprint density at radius 3 is 2.86 bits per heavy atom. The summed E-state index contributed by atoms with van der Waals surface area (Å²) in [6, 6.07) is 6.57. The lowest BCUT2D eigenvalue weighted by molar-refractivity contribution is 0.624. The van der Waals surface area contributed by atoms with Crippen LogP contribution in [0.3, 0.4) is 0 Å². The maximum Gasteiger partial charge on any atom is 0.140 e. The Balaban J connectivity index is 1.77. The molecule has 0 spiro atoms. The summed E-state index contributed by atoms with van der Waals surface area (Å²) in [7, 11) is 0. The van der Waals surface area contributed by atoms with Crippen LogP contribution in [-0.2, 0) is 18.6 Å². The van der Waals surface area contributed by atoms with E-state index in [1.807, 2.05) is 6.07 Å². The minimum absolute atomic E-state index is 0.221. The molecule has 0 bridgehead atoms. The van der Waals surface area contributed by atoms with Gasteiger partial charge in [-0.25, -0.2) is 14.4 Å². The molecule has 1 aliphatic rings. The predicted octanol–water partition coefficient (Wildman–Crippen LogP) is 4.83. The number of nitrogens with zero attached hydrogens (tertiary/aromatic N) is 2. The summed E-state index contributed by atoms with van der Waals surface area (Å²) in [5.74, 6) is 1.12. The molecular formula is C16H16ClFN2S. The molecule has 0 amide bonds. The summed E-state index contributed by atoms with van der Waals surface area (Å²) in [6.45, 7) is 0. The van der Waals surface area contributed by atoms with Gasteiger partial charge in [-0.05, 0) is 43.9 Å². The summed E-state index contributed by atoms with van der Waals surface area (Å²) >= 11 is 7.84. The van der Waals surface area contributed by atoms with Crippen LogP contribution in [0, 0.1) is 5.82 Å². The number of aromatic nitrogens is 2. The van der Waals surface area contributed by atoms with Crippen LogP contribution in [-0.4, -0.2) is 9.97 Å². The SMILES string of the molecule is Fc1cccc(SCc2nc(Cl)c3c(n2)CCCCC3)c1. The monoisotopic (exact) mass is 322 g/mol. The van der Waals surface area contributed by atoms with Crippen LogP contribution < -0.4 is 0 Å². The third kappa shape index (κ3) is 3.74. The molecule has 0 radical (unpaired) electrons. The van der Waals surface area contributed by atoms with Crippen LogP contribution >= 0.6 is 23.4 Å². The highest BCUT2D eigenvalue weighted by atomic mass is 35.5. The second-order valence-electron chi connectivity index (χ2n) is 5.16. The van der Waals surface area contributed by atoms with E-state index in [0.29, 0.717) is 10.9 Å². The van der Waals surface area contributed by atoms with Crippen molar-refractivity contribution in [3.63, 3.8) is 0 Å².